The van der Waals surface area contributed by atoms with Crippen LogP contribution in [0.1, 0.15) is 24.1 Å². The van der Waals surface area contributed by atoms with Gasteiger partial charge >= 0.3 is 0 Å². The van der Waals surface area contributed by atoms with Crippen LogP contribution in [-0.4, -0.2) is 9.78 Å². The van der Waals surface area contributed by atoms with Crippen LogP contribution in [0.3, 0.4) is 0 Å². The molecule has 16 heavy (non-hydrogen) atoms. The topological polar surface area (TPSA) is 43.0 Å². The molecule has 0 amide bonds. The fourth-order valence-corrected chi connectivity index (χ4v) is 1.69. The molecule has 0 spiro atoms. The molecule has 0 aliphatic heterocycles. The average Bonchev–Trinajstić information content (AvgIpc) is 2.87. The highest BCUT2D eigenvalue weighted by Crippen LogP contribution is 2.06. The molecular weight excluding hydrogens is 202 g/mol. The smallest absolute Gasteiger partial charge is 0.117 e. The van der Waals surface area contributed by atoms with Gasteiger partial charge < -0.3 is 9.73 Å². The molecule has 0 aliphatic rings. The maximum Gasteiger partial charge on any atom is 0.117 e. The Kier molecular flexibility index (Phi) is 3.41. The first kappa shape index (κ1) is 11.0. The summed E-state index contributed by atoms with van der Waals surface area (Å²) in [6.45, 7) is 6.52. The van der Waals surface area contributed by atoms with Gasteiger partial charge in [-0.05, 0) is 32.0 Å². The van der Waals surface area contributed by atoms with E-state index in [1.54, 1.807) is 0 Å². The Bertz CT molecular complexity index is 445. The molecule has 86 valence electrons. The van der Waals surface area contributed by atoms with Crippen molar-refractivity contribution in [3.8, 4) is 0 Å². The molecule has 1 N–H and O–H groups in total. The molecule has 2 heterocycles. The maximum absolute atomic E-state index is 5.47. The normalized spacial score (nSPS) is 10.9. The van der Waals surface area contributed by atoms with E-state index in [4.69, 9.17) is 4.42 Å². The summed E-state index contributed by atoms with van der Waals surface area (Å²) in [7, 11) is 0. The van der Waals surface area contributed by atoms with Gasteiger partial charge in [0.25, 0.3) is 0 Å². The van der Waals surface area contributed by atoms with Gasteiger partial charge in [-0.15, -0.1) is 0 Å². The first-order chi connectivity index (χ1) is 7.79. The van der Waals surface area contributed by atoms with Gasteiger partial charge in [-0.3, -0.25) is 4.68 Å². The number of furan rings is 1. The molecule has 2 aromatic rings. The Hall–Kier alpha value is -1.55. The minimum absolute atomic E-state index is 0.753. The highest BCUT2D eigenvalue weighted by Gasteiger charge is 2.01. The third-order valence-corrected chi connectivity index (χ3v) is 2.51. The zero-order chi connectivity index (χ0) is 11.4. The SMILES string of the molecule is CCn1nccc1CNCc1ccc(C)o1. The van der Waals surface area contributed by atoms with E-state index in [0.717, 1.165) is 31.2 Å². The lowest BCUT2D eigenvalue weighted by atomic mass is 10.4. The third kappa shape index (κ3) is 2.52. The first-order valence-electron chi connectivity index (χ1n) is 5.56. The number of rotatable bonds is 5. The quantitative estimate of drug-likeness (QED) is 0.837. The van der Waals surface area contributed by atoms with Crippen LogP contribution in [0.5, 0.6) is 0 Å². The van der Waals surface area contributed by atoms with Gasteiger partial charge in [0.2, 0.25) is 0 Å². The molecule has 0 bridgehead atoms. The minimum Gasteiger partial charge on any atom is -0.465 e. The molecule has 2 rings (SSSR count). The molecule has 0 saturated heterocycles. The van der Waals surface area contributed by atoms with E-state index < -0.39 is 0 Å². The second kappa shape index (κ2) is 4.99. The molecule has 0 fully saturated rings. The number of nitrogens with zero attached hydrogens (tertiary/aromatic N) is 2. The summed E-state index contributed by atoms with van der Waals surface area (Å²) in [5.41, 5.74) is 1.20. The van der Waals surface area contributed by atoms with Gasteiger partial charge in [-0.25, -0.2) is 0 Å². The second-order valence-electron chi connectivity index (χ2n) is 3.75. The molecule has 0 radical (unpaired) electrons. The van der Waals surface area contributed by atoms with Gasteiger partial charge in [0.05, 0.1) is 12.2 Å². The zero-order valence-electron chi connectivity index (χ0n) is 9.73. The van der Waals surface area contributed by atoms with Crippen LogP contribution in [0, 0.1) is 6.92 Å². The Morgan fingerprint density at radius 3 is 2.88 bits per heavy atom. The molecule has 0 aliphatic carbocycles. The van der Waals surface area contributed by atoms with Crippen molar-refractivity contribution in [2.24, 2.45) is 0 Å². The summed E-state index contributed by atoms with van der Waals surface area (Å²) in [5, 5.41) is 7.56. The van der Waals surface area contributed by atoms with Crippen molar-refractivity contribution in [1.29, 1.82) is 0 Å². The van der Waals surface area contributed by atoms with E-state index >= 15 is 0 Å². The molecule has 0 unspecified atom stereocenters. The van der Waals surface area contributed by atoms with Crippen LogP contribution in [0.25, 0.3) is 0 Å². The van der Waals surface area contributed by atoms with Gasteiger partial charge in [0.15, 0.2) is 0 Å². The summed E-state index contributed by atoms with van der Waals surface area (Å²) >= 11 is 0. The van der Waals surface area contributed by atoms with Crippen molar-refractivity contribution in [2.75, 3.05) is 0 Å². The number of hydrogen-bond donors (Lipinski definition) is 1. The number of hydrogen-bond acceptors (Lipinski definition) is 3. The molecule has 0 saturated carbocycles. The predicted octanol–water partition coefficient (Wildman–Crippen LogP) is 2.09. The van der Waals surface area contributed by atoms with Crippen molar-refractivity contribution < 1.29 is 4.42 Å². The molecule has 0 atom stereocenters. The Labute approximate surface area is 95.3 Å². The largest absolute Gasteiger partial charge is 0.465 e. The fourth-order valence-electron chi connectivity index (χ4n) is 1.69. The van der Waals surface area contributed by atoms with Crippen molar-refractivity contribution in [3.05, 3.63) is 41.6 Å². The maximum atomic E-state index is 5.47. The summed E-state index contributed by atoms with van der Waals surface area (Å²) in [4.78, 5) is 0. The average molecular weight is 219 g/mol. The van der Waals surface area contributed by atoms with Crippen molar-refractivity contribution in [2.45, 2.75) is 33.5 Å². The van der Waals surface area contributed by atoms with E-state index in [9.17, 15) is 0 Å². The molecule has 4 nitrogen and oxygen atoms in total. The molecule has 4 heteroatoms. The van der Waals surface area contributed by atoms with Crippen molar-refractivity contribution >= 4 is 0 Å². The summed E-state index contributed by atoms with van der Waals surface area (Å²) in [5.74, 6) is 1.93. The Morgan fingerprint density at radius 2 is 2.19 bits per heavy atom. The lowest BCUT2D eigenvalue weighted by molar-refractivity contribution is 0.457. The van der Waals surface area contributed by atoms with Gasteiger partial charge in [0.1, 0.15) is 11.5 Å². The highest BCUT2D eigenvalue weighted by molar-refractivity contribution is 5.06. The third-order valence-electron chi connectivity index (χ3n) is 2.51. The van der Waals surface area contributed by atoms with E-state index in [0.29, 0.717) is 0 Å². The van der Waals surface area contributed by atoms with Gasteiger partial charge in [-0.2, -0.15) is 5.10 Å². The van der Waals surface area contributed by atoms with E-state index in [2.05, 4.69) is 17.3 Å². The minimum atomic E-state index is 0.753. The lowest BCUT2D eigenvalue weighted by Gasteiger charge is -2.05. The summed E-state index contributed by atoms with van der Waals surface area (Å²) in [6.07, 6.45) is 1.83. The highest BCUT2D eigenvalue weighted by atomic mass is 16.3. The number of nitrogens with one attached hydrogen (secondary N) is 1. The second-order valence-corrected chi connectivity index (χ2v) is 3.75. The van der Waals surface area contributed by atoms with Crippen molar-refractivity contribution in [1.82, 2.24) is 15.1 Å². The fraction of sp³-hybridized carbons (Fsp3) is 0.417. The first-order valence-corrected chi connectivity index (χ1v) is 5.56. The van der Waals surface area contributed by atoms with Gasteiger partial charge in [-0.1, -0.05) is 0 Å². The molecule has 2 aromatic heterocycles. The number of aromatic nitrogens is 2. The van der Waals surface area contributed by atoms with Gasteiger partial charge in [0, 0.05) is 19.3 Å². The standard InChI is InChI=1S/C12H17N3O/c1-3-15-11(6-7-14-15)8-13-9-12-5-4-10(2)16-12/h4-7,13H,3,8-9H2,1-2H3. The van der Waals surface area contributed by atoms with Crippen LogP contribution >= 0.6 is 0 Å². The molecule has 0 aromatic carbocycles. The van der Waals surface area contributed by atoms with Crippen LogP contribution in [0.4, 0.5) is 0 Å². The monoisotopic (exact) mass is 219 g/mol. The van der Waals surface area contributed by atoms with Crippen LogP contribution in [0.15, 0.2) is 28.8 Å². The van der Waals surface area contributed by atoms with Crippen molar-refractivity contribution in [3.63, 3.8) is 0 Å². The molecular formula is C12H17N3O. The van der Waals surface area contributed by atoms with Crippen LogP contribution in [0.2, 0.25) is 0 Å². The van der Waals surface area contributed by atoms with E-state index in [-0.39, 0.29) is 0 Å². The van der Waals surface area contributed by atoms with E-state index in [1.807, 2.05) is 36.0 Å². The van der Waals surface area contributed by atoms with E-state index in [1.165, 1.54) is 5.69 Å². The van der Waals surface area contributed by atoms with Crippen LogP contribution in [-0.2, 0) is 19.6 Å². The summed E-state index contributed by atoms with van der Waals surface area (Å²) < 4.78 is 7.46. The summed E-state index contributed by atoms with van der Waals surface area (Å²) in [6, 6.07) is 6.01. The Balaban J connectivity index is 1.84. The Morgan fingerprint density at radius 1 is 1.31 bits per heavy atom. The lowest BCUT2D eigenvalue weighted by Crippen LogP contribution is -2.15. The number of aryl methyl sites for hydroxylation is 2. The predicted molar refractivity (Wildman–Crippen MR) is 61.9 cm³/mol. The zero-order valence-corrected chi connectivity index (χ0v) is 9.73. The van der Waals surface area contributed by atoms with Crippen LogP contribution < -0.4 is 5.32 Å².